The third-order valence-electron chi connectivity index (χ3n) is 6.70. The SMILES string of the molecule is O=C(NN=Cc1ccc(OCc2ccccc2)cc1)c1csc(N2N=C(c3ccccc3)CC2c2ccc(Cl)cc2)n1. The Bertz CT molecular complexity index is 1710. The van der Waals surface area contributed by atoms with Crippen molar-refractivity contribution in [1.29, 1.82) is 0 Å². The van der Waals surface area contributed by atoms with Crippen LogP contribution in [0.3, 0.4) is 0 Å². The van der Waals surface area contributed by atoms with Crippen LogP contribution in [-0.2, 0) is 6.61 Å². The van der Waals surface area contributed by atoms with Gasteiger partial charge in [-0.15, -0.1) is 11.3 Å². The van der Waals surface area contributed by atoms with Crippen LogP contribution >= 0.6 is 22.9 Å². The average Bonchev–Trinajstić information content (AvgIpc) is 3.70. The highest BCUT2D eigenvalue weighted by Gasteiger charge is 2.32. The van der Waals surface area contributed by atoms with Crippen molar-refractivity contribution in [3.05, 3.63) is 148 Å². The second kappa shape index (κ2) is 12.8. The number of hydrogen-bond acceptors (Lipinski definition) is 7. The standard InChI is InChI=1S/C33H26ClN5O2S/c34-27-15-13-26(14-16-27)31-19-29(25-9-5-2-6-10-25)38-39(31)33-36-30(22-42-33)32(40)37-35-20-23-11-17-28(18-12-23)41-21-24-7-3-1-4-8-24/h1-18,20,22,31H,19,21H2,(H,37,40). The van der Waals surface area contributed by atoms with Gasteiger partial charge in [-0.1, -0.05) is 84.4 Å². The number of carbonyl (C=O) groups is 1. The number of ether oxygens (including phenoxy) is 1. The minimum Gasteiger partial charge on any atom is -0.489 e. The lowest BCUT2D eigenvalue weighted by molar-refractivity contribution is 0.0951. The first-order valence-electron chi connectivity index (χ1n) is 13.4. The molecule has 0 aliphatic carbocycles. The highest BCUT2D eigenvalue weighted by molar-refractivity contribution is 7.14. The zero-order valence-electron chi connectivity index (χ0n) is 22.4. The Morgan fingerprint density at radius 2 is 1.69 bits per heavy atom. The molecule has 0 saturated heterocycles. The second-order valence-electron chi connectivity index (χ2n) is 9.59. The molecule has 0 bridgehead atoms. The second-order valence-corrected chi connectivity index (χ2v) is 10.9. The number of halogens is 1. The van der Waals surface area contributed by atoms with Crippen LogP contribution in [0.5, 0.6) is 5.75 Å². The summed E-state index contributed by atoms with van der Waals surface area (Å²) in [4.78, 5) is 17.4. The summed E-state index contributed by atoms with van der Waals surface area (Å²) < 4.78 is 5.82. The lowest BCUT2D eigenvalue weighted by Gasteiger charge is -2.21. The van der Waals surface area contributed by atoms with Gasteiger partial charge in [0.25, 0.3) is 5.91 Å². The number of nitrogens with one attached hydrogen (secondary N) is 1. The van der Waals surface area contributed by atoms with Crippen LogP contribution in [0.4, 0.5) is 5.13 Å². The molecular formula is C33H26ClN5O2S. The Kier molecular flexibility index (Phi) is 8.35. The topological polar surface area (TPSA) is 79.2 Å². The Balaban J connectivity index is 1.11. The summed E-state index contributed by atoms with van der Waals surface area (Å²) in [5.41, 5.74) is 7.85. The molecule has 1 unspecified atom stereocenters. The van der Waals surface area contributed by atoms with E-state index in [0.29, 0.717) is 23.2 Å². The summed E-state index contributed by atoms with van der Waals surface area (Å²) in [6, 6.07) is 35.2. The minimum absolute atomic E-state index is 0.0720. The van der Waals surface area contributed by atoms with Crippen LogP contribution in [0.1, 0.15) is 45.2 Å². The van der Waals surface area contributed by atoms with Gasteiger partial charge in [0.1, 0.15) is 18.1 Å². The number of thiazole rings is 1. The highest BCUT2D eigenvalue weighted by atomic mass is 35.5. The molecule has 9 heteroatoms. The van der Waals surface area contributed by atoms with E-state index in [1.807, 2.05) is 114 Å². The van der Waals surface area contributed by atoms with Gasteiger partial charge in [-0.05, 0) is 58.7 Å². The zero-order valence-corrected chi connectivity index (χ0v) is 24.0. The van der Waals surface area contributed by atoms with Gasteiger partial charge in [0.2, 0.25) is 5.13 Å². The molecule has 1 aromatic heterocycles. The van der Waals surface area contributed by atoms with Crippen LogP contribution in [0.2, 0.25) is 5.02 Å². The van der Waals surface area contributed by atoms with Gasteiger partial charge in [0.05, 0.1) is 18.0 Å². The number of amides is 1. The molecule has 42 heavy (non-hydrogen) atoms. The predicted octanol–water partition coefficient (Wildman–Crippen LogP) is 7.50. The summed E-state index contributed by atoms with van der Waals surface area (Å²) >= 11 is 7.51. The van der Waals surface area contributed by atoms with Gasteiger partial charge in [-0.3, -0.25) is 4.79 Å². The number of hydrogen-bond donors (Lipinski definition) is 1. The molecule has 1 aliphatic rings. The van der Waals surface area contributed by atoms with Crippen LogP contribution in [0.15, 0.2) is 125 Å². The van der Waals surface area contributed by atoms with E-state index in [1.54, 1.807) is 11.6 Å². The number of nitrogens with zero attached hydrogens (tertiary/aromatic N) is 4. The summed E-state index contributed by atoms with van der Waals surface area (Å²) in [5, 5.41) is 13.9. The van der Waals surface area contributed by atoms with Crippen LogP contribution in [-0.4, -0.2) is 22.8 Å². The molecule has 0 spiro atoms. The fourth-order valence-electron chi connectivity index (χ4n) is 4.52. The Hall–Kier alpha value is -4.79. The maximum absolute atomic E-state index is 12.8. The maximum atomic E-state index is 12.8. The summed E-state index contributed by atoms with van der Waals surface area (Å²) in [6.07, 6.45) is 2.28. The first kappa shape index (κ1) is 27.4. The molecule has 208 valence electrons. The van der Waals surface area contributed by atoms with E-state index in [9.17, 15) is 4.79 Å². The van der Waals surface area contributed by atoms with E-state index >= 15 is 0 Å². The lowest BCUT2D eigenvalue weighted by atomic mass is 9.99. The van der Waals surface area contributed by atoms with Crippen molar-refractivity contribution in [3.63, 3.8) is 0 Å². The Labute approximate surface area is 252 Å². The quantitative estimate of drug-likeness (QED) is 0.142. The number of rotatable bonds is 9. The molecule has 7 nitrogen and oxygen atoms in total. The summed E-state index contributed by atoms with van der Waals surface area (Å²) in [6.45, 7) is 0.497. The normalized spacial score (nSPS) is 14.6. The van der Waals surface area contributed by atoms with Crippen LogP contribution in [0, 0.1) is 0 Å². The molecule has 1 amide bonds. The zero-order chi connectivity index (χ0) is 28.7. The largest absolute Gasteiger partial charge is 0.489 e. The monoisotopic (exact) mass is 591 g/mol. The smallest absolute Gasteiger partial charge is 0.290 e. The van der Waals surface area contributed by atoms with E-state index < -0.39 is 5.91 Å². The van der Waals surface area contributed by atoms with Gasteiger partial charge in [0.15, 0.2) is 0 Å². The van der Waals surface area contributed by atoms with Crippen LogP contribution in [0.25, 0.3) is 0 Å². The van der Waals surface area contributed by atoms with Crippen molar-refractivity contribution in [2.45, 2.75) is 19.1 Å². The van der Waals surface area contributed by atoms with Gasteiger partial charge in [-0.2, -0.15) is 10.2 Å². The number of aromatic nitrogens is 1. The Morgan fingerprint density at radius 1 is 0.976 bits per heavy atom. The molecule has 0 radical (unpaired) electrons. The molecule has 0 fully saturated rings. The third kappa shape index (κ3) is 6.57. The van der Waals surface area contributed by atoms with Gasteiger partial charge in [0, 0.05) is 16.8 Å². The molecule has 1 atom stereocenters. The van der Waals surface area contributed by atoms with E-state index in [0.717, 1.165) is 33.7 Å². The average molecular weight is 592 g/mol. The van der Waals surface area contributed by atoms with Gasteiger partial charge in [-0.25, -0.2) is 15.4 Å². The number of anilines is 1. The van der Waals surface area contributed by atoms with Crippen LogP contribution < -0.4 is 15.2 Å². The Morgan fingerprint density at radius 3 is 2.43 bits per heavy atom. The first-order valence-corrected chi connectivity index (χ1v) is 14.6. The van der Waals surface area contributed by atoms with Crippen molar-refractivity contribution in [3.8, 4) is 5.75 Å². The van der Waals surface area contributed by atoms with Crippen molar-refractivity contribution in [2.75, 3.05) is 5.01 Å². The highest BCUT2D eigenvalue weighted by Crippen LogP contribution is 2.38. The maximum Gasteiger partial charge on any atom is 0.290 e. The van der Waals surface area contributed by atoms with Gasteiger partial charge >= 0.3 is 0 Å². The molecule has 6 rings (SSSR count). The number of carbonyl (C=O) groups excluding carboxylic acids is 1. The van der Waals surface area contributed by atoms with E-state index in [1.165, 1.54) is 11.3 Å². The predicted molar refractivity (Wildman–Crippen MR) is 169 cm³/mol. The number of benzene rings is 4. The molecular weight excluding hydrogens is 566 g/mol. The first-order chi connectivity index (χ1) is 20.6. The summed E-state index contributed by atoms with van der Waals surface area (Å²) in [5.74, 6) is 0.359. The summed E-state index contributed by atoms with van der Waals surface area (Å²) in [7, 11) is 0. The van der Waals surface area contributed by atoms with Crippen molar-refractivity contribution >= 4 is 45.9 Å². The van der Waals surface area contributed by atoms with Crippen molar-refractivity contribution in [1.82, 2.24) is 10.4 Å². The molecule has 0 saturated carbocycles. The molecule has 5 aromatic rings. The van der Waals surface area contributed by atoms with Gasteiger partial charge < -0.3 is 4.74 Å². The van der Waals surface area contributed by atoms with Crippen molar-refractivity contribution < 1.29 is 9.53 Å². The molecule has 4 aromatic carbocycles. The molecule has 1 aliphatic heterocycles. The number of hydrazone groups is 2. The van der Waals surface area contributed by atoms with E-state index in [2.05, 4.69) is 15.5 Å². The molecule has 1 N–H and O–H groups in total. The van der Waals surface area contributed by atoms with E-state index in [4.69, 9.17) is 21.4 Å². The lowest BCUT2D eigenvalue weighted by Crippen LogP contribution is -2.20. The fourth-order valence-corrected chi connectivity index (χ4v) is 5.45. The van der Waals surface area contributed by atoms with Crippen molar-refractivity contribution in [2.24, 2.45) is 10.2 Å². The minimum atomic E-state index is -0.397. The third-order valence-corrected chi connectivity index (χ3v) is 7.78. The van der Waals surface area contributed by atoms with E-state index in [-0.39, 0.29) is 11.7 Å². The fraction of sp³-hybridized carbons (Fsp3) is 0.0909. The molecule has 2 heterocycles.